The van der Waals surface area contributed by atoms with E-state index in [0.717, 1.165) is 31.2 Å². The summed E-state index contributed by atoms with van der Waals surface area (Å²) in [4.78, 5) is 27.8. The molecule has 5 nitrogen and oxygen atoms in total. The fourth-order valence-electron chi connectivity index (χ4n) is 3.85. The highest BCUT2D eigenvalue weighted by atomic mass is 35.5. The van der Waals surface area contributed by atoms with Crippen LogP contribution in [-0.4, -0.2) is 35.4 Å². The molecule has 6 heteroatoms. The number of para-hydroxylation sites is 1. The van der Waals surface area contributed by atoms with Gasteiger partial charge in [-0.1, -0.05) is 73.8 Å². The Labute approximate surface area is 183 Å². The Morgan fingerprint density at radius 1 is 1.10 bits per heavy atom. The van der Waals surface area contributed by atoms with Crippen LogP contribution in [0.3, 0.4) is 0 Å². The van der Waals surface area contributed by atoms with Crippen molar-refractivity contribution in [2.75, 3.05) is 6.61 Å². The van der Waals surface area contributed by atoms with Gasteiger partial charge in [-0.25, -0.2) is 0 Å². The van der Waals surface area contributed by atoms with Crippen molar-refractivity contribution in [2.45, 2.75) is 57.7 Å². The van der Waals surface area contributed by atoms with Crippen molar-refractivity contribution >= 4 is 23.4 Å². The fourth-order valence-corrected chi connectivity index (χ4v) is 4.04. The van der Waals surface area contributed by atoms with E-state index in [1.165, 1.54) is 0 Å². The lowest BCUT2D eigenvalue weighted by atomic mass is 10.1. The second-order valence-corrected chi connectivity index (χ2v) is 8.05. The Balaban J connectivity index is 1.74. The summed E-state index contributed by atoms with van der Waals surface area (Å²) in [6.07, 6.45) is 4.82. The van der Waals surface area contributed by atoms with Gasteiger partial charge in [0.05, 0.1) is 5.02 Å². The predicted molar refractivity (Wildman–Crippen MR) is 118 cm³/mol. The second-order valence-electron chi connectivity index (χ2n) is 7.64. The molecule has 3 rings (SSSR count). The summed E-state index contributed by atoms with van der Waals surface area (Å²) in [5.41, 5.74) is 0.968. The van der Waals surface area contributed by atoms with Crippen LogP contribution >= 0.6 is 11.6 Å². The fraction of sp³-hybridized carbons (Fsp3) is 0.417. The first-order chi connectivity index (χ1) is 14.6. The van der Waals surface area contributed by atoms with Crippen molar-refractivity contribution in [1.82, 2.24) is 10.2 Å². The van der Waals surface area contributed by atoms with Crippen molar-refractivity contribution < 1.29 is 14.3 Å². The minimum Gasteiger partial charge on any atom is -0.482 e. The summed E-state index contributed by atoms with van der Waals surface area (Å²) >= 11 is 6.14. The molecule has 0 bridgehead atoms. The molecule has 0 spiro atoms. The molecule has 0 radical (unpaired) electrons. The standard InChI is InChI=1S/C24H29ClN2O3/c1-2-21(24(29)26-19-12-6-7-13-19)27(16-18-10-4-3-5-11-18)23(28)17-30-22-15-9-8-14-20(22)25/h3-5,8-11,14-15,19,21H,2,6-7,12-13,16-17H2,1H3,(H,26,29)/t21-/m1/s1. The third kappa shape index (κ3) is 5.99. The van der Waals surface area contributed by atoms with Gasteiger partial charge in [0.15, 0.2) is 6.61 Å². The first-order valence-electron chi connectivity index (χ1n) is 10.6. The number of carbonyl (C=O) groups excluding carboxylic acids is 2. The average Bonchev–Trinajstić information content (AvgIpc) is 3.26. The molecule has 0 heterocycles. The van der Waals surface area contributed by atoms with Gasteiger partial charge in [0.1, 0.15) is 11.8 Å². The monoisotopic (exact) mass is 428 g/mol. The minimum atomic E-state index is -0.548. The number of benzene rings is 2. The molecule has 1 fully saturated rings. The SMILES string of the molecule is CC[C@H](C(=O)NC1CCCC1)N(Cc1ccccc1)C(=O)COc1ccccc1Cl. The molecule has 1 atom stereocenters. The number of hydrogen-bond donors (Lipinski definition) is 1. The van der Waals surface area contributed by atoms with Gasteiger partial charge in [0, 0.05) is 12.6 Å². The Kier molecular flexibility index (Phi) is 8.14. The van der Waals surface area contributed by atoms with Gasteiger partial charge in [-0.05, 0) is 37.0 Å². The van der Waals surface area contributed by atoms with E-state index in [2.05, 4.69) is 5.32 Å². The Bertz CT molecular complexity index is 837. The van der Waals surface area contributed by atoms with Crippen LogP contribution < -0.4 is 10.1 Å². The molecule has 1 aliphatic carbocycles. The van der Waals surface area contributed by atoms with Crippen LogP contribution in [0.1, 0.15) is 44.6 Å². The third-order valence-electron chi connectivity index (χ3n) is 5.47. The van der Waals surface area contributed by atoms with Gasteiger partial charge < -0.3 is 15.0 Å². The molecule has 0 aromatic heterocycles. The second kappa shape index (κ2) is 11.0. The molecular formula is C24H29ClN2O3. The Morgan fingerprint density at radius 3 is 2.43 bits per heavy atom. The van der Waals surface area contributed by atoms with Crippen LogP contribution in [0, 0.1) is 0 Å². The highest BCUT2D eigenvalue weighted by molar-refractivity contribution is 6.32. The summed E-state index contributed by atoms with van der Waals surface area (Å²) in [6, 6.07) is 16.4. The Morgan fingerprint density at radius 2 is 1.77 bits per heavy atom. The van der Waals surface area contributed by atoms with Crippen LogP contribution in [0.25, 0.3) is 0 Å². The number of nitrogens with zero attached hydrogens (tertiary/aromatic N) is 1. The summed E-state index contributed by atoms with van der Waals surface area (Å²) in [5, 5.41) is 3.59. The number of rotatable bonds is 9. The quantitative estimate of drug-likeness (QED) is 0.635. The van der Waals surface area contributed by atoms with Gasteiger partial charge >= 0.3 is 0 Å². The molecule has 2 aromatic carbocycles. The lowest BCUT2D eigenvalue weighted by molar-refractivity contribution is -0.143. The van der Waals surface area contributed by atoms with E-state index in [1.807, 2.05) is 37.3 Å². The summed E-state index contributed by atoms with van der Waals surface area (Å²) < 4.78 is 5.67. The van der Waals surface area contributed by atoms with Crippen LogP contribution in [-0.2, 0) is 16.1 Å². The topological polar surface area (TPSA) is 58.6 Å². The first kappa shape index (κ1) is 22.2. The number of carbonyl (C=O) groups is 2. The summed E-state index contributed by atoms with van der Waals surface area (Å²) in [7, 11) is 0. The zero-order chi connectivity index (χ0) is 21.3. The molecule has 1 saturated carbocycles. The Hall–Kier alpha value is -2.53. The van der Waals surface area contributed by atoms with Crippen LogP contribution in [0.15, 0.2) is 54.6 Å². The lowest BCUT2D eigenvalue weighted by Gasteiger charge is -2.31. The van der Waals surface area contributed by atoms with E-state index in [4.69, 9.17) is 16.3 Å². The molecule has 2 aromatic rings. The van der Waals surface area contributed by atoms with Crippen LogP contribution in [0.4, 0.5) is 0 Å². The third-order valence-corrected chi connectivity index (χ3v) is 5.78. The molecule has 0 aliphatic heterocycles. The van der Waals surface area contributed by atoms with Crippen molar-refractivity contribution in [3.8, 4) is 5.75 Å². The number of amides is 2. The highest BCUT2D eigenvalue weighted by Crippen LogP contribution is 2.24. The minimum absolute atomic E-state index is 0.0913. The number of halogens is 1. The number of ether oxygens (including phenoxy) is 1. The molecule has 0 unspecified atom stereocenters. The number of hydrogen-bond acceptors (Lipinski definition) is 3. The smallest absolute Gasteiger partial charge is 0.261 e. The van der Waals surface area contributed by atoms with E-state index in [0.29, 0.717) is 23.7 Å². The van der Waals surface area contributed by atoms with E-state index in [-0.39, 0.29) is 24.5 Å². The number of nitrogens with one attached hydrogen (secondary N) is 1. The maximum Gasteiger partial charge on any atom is 0.261 e. The van der Waals surface area contributed by atoms with Crippen LogP contribution in [0.5, 0.6) is 5.75 Å². The molecule has 160 valence electrons. The normalized spacial score (nSPS) is 14.9. The molecular weight excluding hydrogens is 400 g/mol. The van der Waals surface area contributed by atoms with Gasteiger partial charge in [-0.2, -0.15) is 0 Å². The maximum atomic E-state index is 13.2. The average molecular weight is 429 g/mol. The van der Waals surface area contributed by atoms with Gasteiger partial charge in [0.2, 0.25) is 5.91 Å². The largest absolute Gasteiger partial charge is 0.482 e. The highest BCUT2D eigenvalue weighted by Gasteiger charge is 2.30. The summed E-state index contributed by atoms with van der Waals surface area (Å²) in [6.45, 7) is 2.10. The van der Waals surface area contributed by atoms with Crippen molar-refractivity contribution in [3.05, 3.63) is 65.2 Å². The van der Waals surface area contributed by atoms with E-state index in [9.17, 15) is 9.59 Å². The van der Waals surface area contributed by atoms with Crippen molar-refractivity contribution in [1.29, 1.82) is 0 Å². The van der Waals surface area contributed by atoms with E-state index >= 15 is 0 Å². The summed E-state index contributed by atoms with van der Waals surface area (Å²) in [5.74, 6) is 0.120. The van der Waals surface area contributed by atoms with Gasteiger partial charge in [-0.3, -0.25) is 9.59 Å². The molecule has 0 saturated heterocycles. The van der Waals surface area contributed by atoms with Crippen molar-refractivity contribution in [2.24, 2.45) is 0 Å². The van der Waals surface area contributed by atoms with Gasteiger partial charge in [0.25, 0.3) is 5.91 Å². The van der Waals surface area contributed by atoms with Crippen molar-refractivity contribution in [3.63, 3.8) is 0 Å². The maximum absolute atomic E-state index is 13.2. The van der Waals surface area contributed by atoms with Crippen LogP contribution in [0.2, 0.25) is 5.02 Å². The first-order valence-corrected chi connectivity index (χ1v) is 11.0. The predicted octanol–water partition coefficient (Wildman–Crippen LogP) is 4.59. The molecule has 1 N–H and O–H groups in total. The van der Waals surface area contributed by atoms with E-state index in [1.54, 1.807) is 29.2 Å². The molecule has 30 heavy (non-hydrogen) atoms. The molecule has 1 aliphatic rings. The zero-order valence-electron chi connectivity index (χ0n) is 17.4. The van der Waals surface area contributed by atoms with E-state index < -0.39 is 6.04 Å². The molecule has 2 amide bonds. The zero-order valence-corrected chi connectivity index (χ0v) is 18.1. The van der Waals surface area contributed by atoms with Gasteiger partial charge in [-0.15, -0.1) is 0 Å². The lowest BCUT2D eigenvalue weighted by Crippen LogP contribution is -2.52.